The first-order valence-corrected chi connectivity index (χ1v) is 7.59. The van der Waals surface area contributed by atoms with E-state index in [1.807, 2.05) is 19.1 Å². The number of ether oxygens (including phenoxy) is 1. The van der Waals surface area contributed by atoms with Crippen molar-refractivity contribution in [1.29, 1.82) is 0 Å². The van der Waals surface area contributed by atoms with Crippen LogP contribution in [0.3, 0.4) is 0 Å². The molecule has 1 aliphatic heterocycles. The van der Waals surface area contributed by atoms with Crippen LogP contribution in [0.4, 0.5) is 0 Å². The second-order valence-corrected chi connectivity index (χ2v) is 5.14. The van der Waals surface area contributed by atoms with E-state index >= 15 is 0 Å². The number of aliphatic hydroxyl groups excluding tert-OH is 1. The summed E-state index contributed by atoms with van der Waals surface area (Å²) in [5, 5.41) is 8.82. The molecule has 1 aliphatic rings. The molecule has 1 aromatic rings. The normalized spacial score (nSPS) is 16.0. The summed E-state index contributed by atoms with van der Waals surface area (Å²) in [5.74, 6) is 0.995. The van der Waals surface area contributed by atoms with Crippen LogP contribution in [-0.4, -0.2) is 42.9 Å². The Morgan fingerprint density at radius 1 is 1.25 bits per heavy atom. The van der Waals surface area contributed by atoms with Gasteiger partial charge in [-0.05, 0) is 44.4 Å². The molecule has 0 bridgehead atoms. The highest BCUT2D eigenvalue weighted by Crippen LogP contribution is 2.30. The van der Waals surface area contributed by atoms with E-state index in [1.54, 1.807) is 0 Å². The van der Waals surface area contributed by atoms with Gasteiger partial charge in [0.25, 0.3) is 0 Å². The van der Waals surface area contributed by atoms with Gasteiger partial charge in [-0.3, -0.25) is 4.90 Å². The maximum atomic E-state index is 8.82. The van der Waals surface area contributed by atoms with Crippen molar-refractivity contribution in [2.24, 2.45) is 0 Å². The van der Waals surface area contributed by atoms with Crippen molar-refractivity contribution in [2.45, 2.75) is 26.2 Å². The van der Waals surface area contributed by atoms with Gasteiger partial charge in [-0.1, -0.05) is 24.3 Å². The molecule has 0 radical (unpaired) electrons. The molecule has 2 rings (SSSR count). The summed E-state index contributed by atoms with van der Waals surface area (Å²) >= 11 is 0. The van der Waals surface area contributed by atoms with Gasteiger partial charge in [-0.2, -0.15) is 0 Å². The van der Waals surface area contributed by atoms with Crippen LogP contribution in [-0.2, 0) is 0 Å². The summed E-state index contributed by atoms with van der Waals surface area (Å²) in [6.45, 7) is 6.21. The Morgan fingerprint density at radius 2 is 2.10 bits per heavy atom. The number of rotatable bonds is 7. The lowest BCUT2D eigenvalue weighted by molar-refractivity contribution is 0.253. The highest BCUT2D eigenvalue weighted by atomic mass is 16.5. The maximum absolute atomic E-state index is 8.82. The average molecular weight is 275 g/mol. The predicted molar refractivity (Wildman–Crippen MR) is 83.0 cm³/mol. The lowest BCUT2D eigenvalue weighted by Gasteiger charge is -2.27. The third-order valence-electron chi connectivity index (χ3n) is 3.71. The van der Waals surface area contributed by atoms with E-state index in [0.29, 0.717) is 13.2 Å². The first-order chi connectivity index (χ1) is 9.85. The second-order valence-electron chi connectivity index (χ2n) is 5.14. The largest absolute Gasteiger partial charge is 0.493 e. The minimum atomic E-state index is 0.302. The van der Waals surface area contributed by atoms with E-state index in [0.717, 1.165) is 44.6 Å². The average Bonchev–Trinajstić information content (AvgIpc) is 2.49. The van der Waals surface area contributed by atoms with E-state index in [4.69, 9.17) is 9.84 Å². The summed E-state index contributed by atoms with van der Waals surface area (Å²) in [4.78, 5) is 2.45. The van der Waals surface area contributed by atoms with E-state index in [-0.39, 0.29) is 0 Å². The van der Waals surface area contributed by atoms with Crippen LogP contribution in [0.2, 0.25) is 0 Å². The fourth-order valence-corrected chi connectivity index (χ4v) is 2.62. The fraction of sp³-hybridized carbons (Fsp3) is 0.529. The molecule has 0 saturated carbocycles. The maximum Gasteiger partial charge on any atom is 0.126 e. The van der Waals surface area contributed by atoms with E-state index < -0.39 is 0 Å². The zero-order chi connectivity index (χ0) is 14.2. The van der Waals surface area contributed by atoms with Crippen LogP contribution < -0.4 is 4.74 Å². The second kappa shape index (κ2) is 8.08. The van der Waals surface area contributed by atoms with Gasteiger partial charge in [-0.25, -0.2) is 0 Å². The molecule has 110 valence electrons. The summed E-state index contributed by atoms with van der Waals surface area (Å²) in [5.41, 5.74) is 2.64. The standard InChI is InChI=1S/C17H25NO2/c1-2-20-17-8-4-3-7-16(17)15-9-12-18(13-10-15)11-5-6-14-19/h3-4,7-9,19H,2,5-6,10-14H2,1H3. The third-order valence-corrected chi connectivity index (χ3v) is 3.71. The van der Waals surface area contributed by atoms with E-state index in [1.165, 1.54) is 11.1 Å². The van der Waals surface area contributed by atoms with Crippen LogP contribution in [0.1, 0.15) is 31.7 Å². The Morgan fingerprint density at radius 3 is 2.80 bits per heavy atom. The molecule has 0 aromatic heterocycles. The zero-order valence-corrected chi connectivity index (χ0v) is 12.3. The number of hydrogen-bond donors (Lipinski definition) is 1. The quantitative estimate of drug-likeness (QED) is 0.777. The number of para-hydroxylation sites is 1. The van der Waals surface area contributed by atoms with Crippen molar-refractivity contribution >= 4 is 5.57 Å². The molecule has 0 atom stereocenters. The summed E-state index contributed by atoms with van der Waals surface area (Å²) in [6.07, 6.45) is 5.37. The van der Waals surface area contributed by atoms with Crippen LogP contribution in [0.15, 0.2) is 30.3 Å². The molecular weight excluding hydrogens is 250 g/mol. The molecule has 1 N–H and O–H groups in total. The van der Waals surface area contributed by atoms with Crippen molar-refractivity contribution in [3.63, 3.8) is 0 Å². The van der Waals surface area contributed by atoms with Gasteiger partial charge >= 0.3 is 0 Å². The Labute approximate surface area is 121 Å². The van der Waals surface area contributed by atoms with E-state index in [2.05, 4.69) is 23.1 Å². The number of nitrogens with zero attached hydrogens (tertiary/aromatic N) is 1. The van der Waals surface area contributed by atoms with Crippen molar-refractivity contribution in [3.8, 4) is 5.75 Å². The number of aliphatic hydroxyl groups is 1. The van der Waals surface area contributed by atoms with Crippen LogP contribution >= 0.6 is 0 Å². The minimum absolute atomic E-state index is 0.302. The van der Waals surface area contributed by atoms with Gasteiger partial charge in [0.05, 0.1) is 6.61 Å². The van der Waals surface area contributed by atoms with Gasteiger partial charge in [0.1, 0.15) is 5.75 Å². The van der Waals surface area contributed by atoms with E-state index in [9.17, 15) is 0 Å². The molecule has 20 heavy (non-hydrogen) atoms. The first kappa shape index (κ1) is 15.1. The minimum Gasteiger partial charge on any atom is -0.493 e. The molecule has 0 unspecified atom stereocenters. The monoisotopic (exact) mass is 275 g/mol. The van der Waals surface area contributed by atoms with Crippen LogP contribution in [0.25, 0.3) is 5.57 Å². The zero-order valence-electron chi connectivity index (χ0n) is 12.3. The Kier molecular flexibility index (Phi) is 6.09. The summed E-state index contributed by atoms with van der Waals surface area (Å²) < 4.78 is 5.71. The van der Waals surface area contributed by atoms with Crippen molar-refractivity contribution in [3.05, 3.63) is 35.9 Å². The molecule has 0 amide bonds. The van der Waals surface area contributed by atoms with Gasteiger partial charge in [-0.15, -0.1) is 0 Å². The molecule has 0 fully saturated rings. The summed E-state index contributed by atoms with van der Waals surface area (Å²) in [6, 6.07) is 8.30. The SMILES string of the molecule is CCOc1ccccc1C1=CCN(CCCCO)CC1. The van der Waals surface area contributed by atoms with Gasteiger partial charge in [0, 0.05) is 25.3 Å². The molecule has 0 aliphatic carbocycles. The molecule has 1 aromatic carbocycles. The predicted octanol–water partition coefficient (Wildman–Crippen LogP) is 2.95. The Hall–Kier alpha value is -1.32. The third kappa shape index (κ3) is 4.09. The fourth-order valence-electron chi connectivity index (χ4n) is 2.62. The number of unbranched alkanes of at least 4 members (excludes halogenated alkanes) is 1. The number of benzene rings is 1. The van der Waals surface area contributed by atoms with Gasteiger partial charge in [0.2, 0.25) is 0 Å². The number of hydrogen-bond acceptors (Lipinski definition) is 3. The van der Waals surface area contributed by atoms with Gasteiger partial charge in [0.15, 0.2) is 0 Å². The van der Waals surface area contributed by atoms with Crippen LogP contribution in [0, 0.1) is 0 Å². The van der Waals surface area contributed by atoms with Crippen molar-refractivity contribution in [1.82, 2.24) is 4.90 Å². The smallest absolute Gasteiger partial charge is 0.126 e. The summed E-state index contributed by atoms with van der Waals surface area (Å²) in [7, 11) is 0. The lowest BCUT2D eigenvalue weighted by atomic mass is 9.98. The van der Waals surface area contributed by atoms with Crippen LogP contribution in [0.5, 0.6) is 5.75 Å². The lowest BCUT2D eigenvalue weighted by Crippen LogP contribution is -2.29. The molecule has 0 spiro atoms. The molecular formula is C17H25NO2. The molecule has 3 nitrogen and oxygen atoms in total. The Bertz CT molecular complexity index is 442. The van der Waals surface area contributed by atoms with Crippen molar-refractivity contribution < 1.29 is 9.84 Å². The van der Waals surface area contributed by atoms with Gasteiger partial charge < -0.3 is 9.84 Å². The first-order valence-electron chi connectivity index (χ1n) is 7.59. The Balaban J connectivity index is 1.97. The highest BCUT2D eigenvalue weighted by molar-refractivity contribution is 5.71. The highest BCUT2D eigenvalue weighted by Gasteiger charge is 2.15. The molecule has 1 heterocycles. The van der Waals surface area contributed by atoms with Crippen molar-refractivity contribution in [2.75, 3.05) is 32.8 Å². The molecule has 0 saturated heterocycles. The topological polar surface area (TPSA) is 32.7 Å². The molecule has 3 heteroatoms.